The van der Waals surface area contributed by atoms with Gasteiger partial charge in [-0.05, 0) is 18.9 Å². The van der Waals surface area contributed by atoms with Crippen LogP contribution in [-0.2, 0) is 0 Å². The third kappa shape index (κ3) is 4.40. The number of rotatable bonds is 7. The van der Waals surface area contributed by atoms with Crippen molar-refractivity contribution in [3.05, 3.63) is 23.5 Å². The first kappa shape index (κ1) is 13.3. The fraction of sp³-hybridized carbons (Fsp3) is 0.615. The van der Waals surface area contributed by atoms with Crippen molar-refractivity contribution in [3.63, 3.8) is 0 Å². The van der Waals surface area contributed by atoms with Gasteiger partial charge in [-0.1, -0.05) is 44.7 Å². The molecule has 0 radical (unpaired) electrons. The predicted molar refractivity (Wildman–Crippen MR) is 71.1 cm³/mol. The van der Waals surface area contributed by atoms with E-state index in [9.17, 15) is 0 Å². The zero-order valence-electron chi connectivity index (χ0n) is 10.2. The van der Waals surface area contributed by atoms with Crippen LogP contribution >= 0.6 is 11.6 Å². The molecule has 90 valence electrons. The SMILES string of the molecule is CCCCC(CCC)Nc1ccncc1Cl. The largest absolute Gasteiger partial charge is 0.381 e. The van der Waals surface area contributed by atoms with Crippen LogP contribution in [0.2, 0.25) is 5.02 Å². The standard InChI is InChI=1S/C13H21ClN2/c1-3-5-7-11(6-4-2)16-13-8-9-15-10-12(13)14/h8-11H,3-7H2,1-2H3,(H,15,16). The second kappa shape index (κ2) is 7.50. The molecule has 0 aliphatic heterocycles. The number of pyridine rings is 1. The third-order valence-electron chi connectivity index (χ3n) is 2.68. The lowest BCUT2D eigenvalue weighted by molar-refractivity contribution is 0.564. The Morgan fingerprint density at radius 1 is 1.31 bits per heavy atom. The highest BCUT2D eigenvalue weighted by atomic mass is 35.5. The first-order valence-electron chi connectivity index (χ1n) is 6.14. The molecule has 0 amide bonds. The molecular formula is C13H21ClN2. The van der Waals surface area contributed by atoms with Gasteiger partial charge in [0.2, 0.25) is 0 Å². The maximum absolute atomic E-state index is 6.08. The van der Waals surface area contributed by atoms with Gasteiger partial charge in [-0.25, -0.2) is 0 Å². The van der Waals surface area contributed by atoms with Crippen molar-refractivity contribution < 1.29 is 0 Å². The van der Waals surface area contributed by atoms with Crippen LogP contribution in [0.1, 0.15) is 46.0 Å². The van der Waals surface area contributed by atoms with Crippen LogP contribution in [0.4, 0.5) is 5.69 Å². The minimum Gasteiger partial charge on any atom is -0.381 e. The molecule has 0 saturated carbocycles. The molecule has 1 aromatic heterocycles. The summed E-state index contributed by atoms with van der Waals surface area (Å²) in [4.78, 5) is 3.99. The van der Waals surface area contributed by atoms with E-state index >= 15 is 0 Å². The van der Waals surface area contributed by atoms with Crippen LogP contribution in [0.15, 0.2) is 18.5 Å². The van der Waals surface area contributed by atoms with Gasteiger partial charge < -0.3 is 5.32 Å². The fourth-order valence-electron chi connectivity index (χ4n) is 1.80. The van der Waals surface area contributed by atoms with E-state index in [1.165, 1.54) is 32.1 Å². The first-order chi connectivity index (χ1) is 7.77. The number of nitrogens with one attached hydrogen (secondary N) is 1. The summed E-state index contributed by atoms with van der Waals surface area (Å²) < 4.78 is 0. The summed E-state index contributed by atoms with van der Waals surface area (Å²) in [7, 11) is 0. The van der Waals surface area contributed by atoms with Gasteiger partial charge in [0.1, 0.15) is 0 Å². The Bertz CT molecular complexity index is 302. The van der Waals surface area contributed by atoms with Crippen LogP contribution in [0.25, 0.3) is 0 Å². The van der Waals surface area contributed by atoms with Crippen molar-refractivity contribution >= 4 is 17.3 Å². The van der Waals surface area contributed by atoms with Crippen LogP contribution in [0, 0.1) is 0 Å². The highest BCUT2D eigenvalue weighted by Gasteiger charge is 2.08. The van der Waals surface area contributed by atoms with Gasteiger partial charge in [-0.15, -0.1) is 0 Å². The lowest BCUT2D eigenvalue weighted by Gasteiger charge is -2.19. The molecule has 0 saturated heterocycles. The predicted octanol–water partition coefficient (Wildman–Crippen LogP) is 4.51. The molecule has 1 rings (SSSR count). The summed E-state index contributed by atoms with van der Waals surface area (Å²) in [6, 6.07) is 2.47. The zero-order chi connectivity index (χ0) is 11.8. The summed E-state index contributed by atoms with van der Waals surface area (Å²) in [6.45, 7) is 4.44. The molecule has 2 nitrogen and oxygen atoms in total. The van der Waals surface area contributed by atoms with Crippen molar-refractivity contribution in [2.24, 2.45) is 0 Å². The van der Waals surface area contributed by atoms with Crippen LogP contribution in [0.5, 0.6) is 0 Å². The molecule has 0 aliphatic carbocycles. The molecule has 1 N–H and O–H groups in total. The molecule has 0 bridgehead atoms. The van der Waals surface area contributed by atoms with E-state index in [-0.39, 0.29) is 0 Å². The van der Waals surface area contributed by atoms with Gasteiger partial charge in [0.05, 0.1) is 10.7 Å². The maximum Gasteiger partial charge on any atom is 0.0820 e. The van der Waals surface area contributed by atoms with Gasteiger partial charge in [-0.2, -0.15) is 0 Å². The van der Waals surface area contributed by atoms with Crippen molar-refractivity contribution in [1.82, 2.24) is 4.98 Å². The van der Waals surface area contributed by atoms with E-state index < -0.39 is 0 Å². The average molecular weight is 241 g/mol. The zero-order valence-corrected chi connectivity index (χ0v) is 10.9. The van der Waals surface area contributed by atoms with E-state index in [4.69, 9.17) is 11.6 Å². The van der Waals surface area contributed by atoms with E-state index in [0.29, 0.717) is 11.1 Å². The minimum absolute atomic E-state index is 0.532. The monoisotopic (exact) mass is 240 g/mol. The summed E-state index contributed by atoms with van der Waals surface area (Å²) in [6.07, 6.45) is 9.57. The van der Waals surface area contributed by atoms with Gasteiger partial charge in [-0.3, -0.25) is 4.98 Å². The Hall–Kier alpha value is -0.760. The average Bonchev–Trinajstić information content (AvgIpc) is 2.29. The van der Waals surface area contributed by atoms with Gasteiger partial charge in [0, 0.05) is 18.4 Å². The maximum atomic E-state index is 6.08. The summed E-state index contributed by atoms with van der Waals surface area (Å²) in [5.74, 6) is 0. The molecule has 1 aromatic rings. The van der Waals surface area contributed by atoms with Crippen LogP contribution in [0.3, 0.4) is 0 Å². The molecule has 1 atom stereocenters. The highest BCUT2D eigenvalue weighted by Crippen LogP contribution is 2.22. The van der Waals surface area contributed by atoms with Crippen molar-refractivity contribution in [3.8, 4) is 0 Å². The summed E-state index contributed by atoms with van der Waals surface area (Å²) in [5, 5.41) is 4.22. The Morgan fingerprint density at radius 2 is 2.12 bits per heavy atom. The Morgan fingerprint density at radius 3 is 2.75 bits per heavy atom. The molecule has 3 heteroatoms. The van der Waals surface area contributed by atoms with Crippen LogP contribution < -0.4 is 5.32 Å². The number of unbranched alkanes of at least 4 members (excludes halogenated alkanes) is 1. The topological polar surface area (TPSA) is 24.9 Å². The smallest absolute Gasteiger partial charge is 0.0820 e. The molecule has 1 heterocycles. The molecule has 0 fully saturated rings. The molecule has 16 heavy (non-hydrogen) atoms. The van der Waals surface area contributed by atoms with Crippen molar-refractivity contribution in [2.75, 3.05) is 5.32 Å². The van der Waals surface area contributed by atoms with Gasteiger partial charge >= 0.3 is 0 Å². The lowest BCUT2D eigenvalue weighted by Crippen LogP contribution is -2.19. The molecule has 0 aliphatic rings. The lowest BCUT2D eigenvalue weighted by atomic mass is 10.0. The fourth-order valence-corrected chi connectivity index (χ4v) is 1.97. The number of anilines is 1. The third-order valence-corrected chi connectivity index (χ3v) is 2.98. The summed E-state index contributed by atoms with van der Waals surface area (Å²) >= 11 is 6.08. The second-order valence-corrected chi connectivity index (χ2v) is 4.53. The normalized spacial score (nSPS) is 12.4. The Labute approximate surface area is 103 Å². The van der Waals surface area contributed by atoms with E-state index in [2.05, 4.69) is 24.1 Å². The number of hydrogen-bond acceptors (Lipinski definition) is 2. The first-order valence-corrected chi connectivity index (χ1v) is 6.51. The molecular weight excluding hydrogens is 220 g/mol. The quantitative estimate of drug-likeness (QED) is 0.759. The van der Waals surface area contributed by atoms with E-state index in [0.717, 1.165) is 5.69 Å². The molecule has 0 aromatic carbocycles. The van der Waals surface area contributed by atoms with E-state index in [1.807, 2.05) is 6.07 Å². The Kier molecular flexibility index (Phi) is 6.24. The van der Waals surface area contributed by atoms with Gasteiger partial charge in [0.15, 0.2) is 0 Å². The molecule has 1 unspecified atom stereocenters. The summed E-state index contributed by atoms with van der Waals surface area (Å²) in [5.41, 5.74) is 1.01. The highest BCUT2D eigenvalue weighted by molar-refractivity contribution is 6.33. The Balaban J connectivity index is 2.56. The number of nitrogens with zero attached hydrogens (tertiary/aromatic N) is 1. The number of halogens is 1. The minimum atomic E-state index is 0.532. The molecule has 0 spiro atoms. The van der Waals surface area contributed by atoms with Crippen molar-refractivity contribution in [2.45, 2.75) is 52.0 Å². The van der Waals surface area contributed by atoms with Crippen LogP contribution in [-0.4, -0.2) is 11.0 Å². The second-order valence-electron chi connectivity index (χ2n) is 4.13. The van der Waals surface area contributed by atoms with Gasteiger partial charge in [0.25, 0.3) is 0 Å². The number of hydrogen-bond donors (Lipinski definition) is 1. The van der Waals surface area contributed by atoms with E-state index in [1.54, 1.807) is 12.4 Å². The van der Waals surface area contributed by atoms with Crippen molar-refractivity contribution in [1.29, 1.82) is 0 Å². The number of aromatic nitrogens is 1.